The fourth-order valence-corrected chi connectivity index (χ4v) is 5.47. The molecule has 1 fully saturated rings. The fourth-order valence-electron chi connectivity index (χ4n) is 4.37. The minimum atomic E-state index is -4.51. The average Bonchev–Trinajstić information content (AvgIpc) is 3.26. The van der Waals surface area contributed by atoms with Crippen LogP contribution in [-0.4, -0.2) is 70.6 Å². The second kappa shape index (κ2) is 13.6. The van der Waals surface area contributed by atoms with Crippen molar-refractivity contribution in [2.24, 2.45) is 0 Å². The van der Waals surface area contributed by atoms with E-state index in [0.717, 1.165) is 12.1 Å². The van der Waals surface area contributed by atoms with Crippen molar-refractivity contribution in [3.8, 4) is 11.5 Å². The molecule has 1 heterocycles. The number of alkyl halides is 3. The van der Waals surface area contributed by atoms with Crippen LogP contribution in [0.3, 0.4) is 0 Å². The average molecular weight is 596 g/mol. The van der Waals surface area contributed by atoms with Crippen molar-refractivity contribution in [1.29, 1.82) is 0 Å². The first-order valence-electron chi connectivity index (χ1n) is 12.6. The Morgan fingerprint density at radius 1 is 0.975 bits per heavy atom. The maximum Gasteiger partial charge on any atom is 0.416 e. The van der Waals surface area contributed by atoms with Gasteiger partial charge in [-0.1, -0.05) is 35.7 Å². The van der Waals surface area contributed by atoms with Gasteiger partial charge in [0.15, 0.2) is 0 Å². The number of carbonyl (C=O) groups is 1. The highest BCUT2D eigenvalue weighted by Crippen LogP contribution is 2.38. The molecule has 1 aliphatic heterocycles. The van der Waals surface area contributed by atoms with E-state index in [1.54, 1.807) is 59.5 Å². The summed E-state index contributed by atoms with van der Waals surface area (Å²) in [6.45, 7) is 1.12. The number of rotatable bonds is 12. The van der Waals surface area contributed by atoms with Crippen LogP contribution in [0.5, 0.6) is 11.5 Å². The van der Waals surface area contributed by atoms with Crippen molar-refractivity contribution in [1.82, 2.24) is 9.21 Å². The smallest absolute Gasteiger partial charge is 0.416 e. The fraction of sp³-hybridized carbons (Fsp3) is 0.321. The lowest BCUT2D eigenvalue weighted by Crippen LogP contribution is -2.34. The molecule has 40 heavy (non-hydrogen) atoms. The molecule has 0 radical (unpaired) electrons. The molecule has 1 atom stereocenters. The van der Waals surface area contributed by atoms with Crippen LogP contribution < -0.4 is 9.64 Å². The molecule has 3 aromatic carbocycles. The summed E-state index contributed by atoms with van der Waals surface area (Å²) in [5.41, 5.74) is 0.122. The zero-order chi connectivity index (χ0) is 28.7. The van der Waals surface area contributed by atoms with Crippen molar-refractivity contribution >= 4 is 35.3 Å². The molecule has 0 aromatic heterocycles. The quantitative estimate of drug-likeness (QED) is 0.248. The lowest BCUT2D eigenvalue weighted by Gasteiger charge is -2.24. The Kier molecular flexibility index (Phi) is 10.2. The van der Waals surface area contributed by atoms with E-state index in [2.05, 4.69) is 0 Å². The molecule has 7 nitrogen and oxygen atoms in total. The van der Waals surface area contributed by atoms with Crippen LogP contribution >= 0.6 is 23.5 Å². The number of aliphatic hydroxyl groups excluding tert-OH is 2. The molecule has 0 saturated carbocycles. The van der Waals surface area contributed by atoms with Crippen molar-refractivity contribution in [2.75, 3.05) is 50.0 Å². The number of aliphatic hydroxyl groups is 2. The molecular weight excluding hydrogens is 567 g/mol. The monoisotopic (exact) mass is 595 g/mol. The number of nitrogens with zero attached hydrogens (tertiary/aromatic N) is 3. The van der Waals surface area contributed by atoms with Crippen molar-refractivity contribution in [2.45, 2.75) is 12.2 Å². The molecule has 12 heteroatoms. The Bertz CT molecular complexity index is 1260. The number of hydrogen-bond donors (Lipinski definition) is 2. The standard InChI is InChI=1S/C28H29ClF3N3O4S/c29-22-4-8-24(9-5-22)39-25-10-6-23(7-11-25)35-26(20-2-1-3-21(18-20)28(30,31)32)19-33(27(35)38)14-17-40-34(12-15-36)13-16-37/h1-11,18,26,36-37H,12-17,19H2. The van der Waals surface area contributed by atoms with Crippen LogP contribution in [0.4, 0.5) is 23.7 Å². The predicted octanol–water partition coefficient (Wildman–Crippen LogP) is 6.07. The van der Waals surface area contributed by atoms with Crippen LogP contribution in [0.1, 0.15) is 17.2 Å². The zero-order valence-corrected chi connectivity index (χ0v) is 23.0. The first-order valence-corrected chi connectivity index (χ1v) is 13.9. The van der Waals surface area contributed by atoms with Crippen molar-refractivity contribution in [3.05, 3.63) is 88.9 Å². The Morgan fingerprint density at radius 3 is 2.20 bits per heavy atom. The zero-order valence-electron chi connectivity index (χ0n) is 21.4. The van der Waals surface area contributed by atoms with Crippen LogP contribution in [-0.2, 0) is 6.18 Å². The van der Waals surface area contributed by atoms with Gasteiger partial charge >= 0.3 is 12.2 Å². The van der Waals surface area contributed by atoms with Gasteiger partial charge in [-0.3, -0.25) is 4.90 Å². The SMILES string of the molecule is O=C1N(CCSN(CCO)CCO)CC(c2cccc(C(F)(F)F)c2)N1c1ccc(Oc2ccc(Cl)cc2)cc1. The summed E-state index contributed by atoms with van der Waals surface area (Å²) in [5, 5.41) is 19.0. The van der Waals surface area contributed by atoms with E-state index in [0.29, 0.717) is 53.2 Å². The van der Waals surface area contributed by atoms with Gasteiger partial charge in [-0.15, -0.1) is 0 Å². The van der Waals surface area contributed by atoms with Crippen LogP contribution in [0.25, 0.3) is 0 Å². The molecule has 2 N–H and O–H groups in total. The van der Waals surface area contributed by atoms with Gasteiger partial charge in [-0.05, 0) is 66.2 Å². The van der Waals surface area contributed by atoms with Gasteiger partial charge in [-0.2, -0.15) is 13.2 Å². The van der Waals surface area contributed by atoms with E-state index >= 15 is 0 Å². The van der Waals surface area contributed by atoms with E-state index in [1.165, 1.54) is 22.9 Å². The van der Waals surface area contributed by atoms with Crippen LogP contribution in [0.15, 0.2) is 72.8 Å². The first-order chi connectivity index (χ1) is 19.2. The molecule has 0 aliphatic carbocycles. The third-order valence-corrected chi connectivity index (χ3v) is 7.63. The summed E-state index contributed by atoms with van der Waals surface area (Å²) < 4.78 is 48.1. The van der Waals surface area contributed by atoms with Gasteiger partial charge in [0.1, 0.15) is 11.5 Å². The molecule has 0 spiro atoms. The predicted molar refractivity (Wildman–Crippen MR) is 150 cm³/mol. The van der Waals surface area contributed by atoms with Gasteiger partial charge in [0, 0.05) is 42.6 Å². The summed E-state index contributed by atoms with van der Waals surface area (Å²) >= 11 is 7.32. The molecule has 1 unspecified atom stereocenters. The highest BCUT2D eigenvalue weighted by Gasteiger charge is 2.40. The van der Waals surface area contributed by atoms with Crippen LogP contribution in [0, 0.1) is 0 Å². The van der Waals surface area contributed by atoms with Gasteiger partial charge < -0.3 is 19.8 Å². The second-order valence-electron chi connectivity index (χ2n) is 9.00. The normalized spacial score (nSPS) is 15.8. The van der Waals surface area contributed by atoms with E-state index in [4.69, 9.17) is 16.3 Å². The number of urea groups is 1. The molecule has 214 valence electrons. The topological polar surface area (TPSA) is 76.5 Å². The Labute approximate surface area is 239 Å². The van der Waals surface area contributed by atoms with E-state index < -0.39 is 17.8 Å². The number of hydrogen-bond acceptors (Lipinski definition) is 6. The molecule has 0 bridgehead atoms. The third kappa shape index (κ3) is 7.61. The highest BCUT2D eigenvalue weighted by atomic mass is 35.5. The Morgan fingerprint density at radius 2 is 1.60 bits per heavy atom. The first kappa shape index (κ1) is 30.0. The lowest BCUT2D eigenvalue weighted by atomic mass is 10.0. The summed E-state index contributed by atoms with van der Waals surface area (Å²) in [5.74, 6) is 1.59. The minimum Gasteiger partial charge on any atom is -0.457 e. The number of halogens is 4. The Balaban J connectivity index is 1.56. The minimum absolute atomic E-state index is 0.0707. The third-order valence-electron chi connectivity index (χ3n) is 6.28. The van der Waals surface area contributed by atoms with E-state index in [9.17, 15) is 28.2 Å². The number of carbonyl (C=O) groups excluding carboxylic acids is 1. The molecule has 3 aromatic rings. The number of benzene rings is 3. The number of ether oxygens (including phenoxy) is 1. The summed E-state index contributed by atoms with van der Waals surface area (Å²) in [7, 11) is 0. The molecule has 1 saturated heterocycles. The van der Waals surface area contributed by atoms with E-state index in [-0.39, 0.29) is 25.8 Å². The van der Waals surface area contributed by atoms with Crippen molar-refractivity contribution in [3.63, 3.8) is 0 Å². The van der Waals surface area contributed by atoms with Gasteiger partial charge in [0.25, 0.3) is 0 Å². The Hall–Kier alpha value is -2.96. The maximum atomic E-state index is 13.6. The molecular formula is C28H29ClF3N3O4S. The van der Waals surface area contributed by atoms with Gasteiger partial charge in [0.2, 0.25) is 0 Å². The maximum absolute atomic E-state index is 13.6. The molecule has 2 amide bonds. The van der Waals surface area contributed by atoms with Gasteiger partial charge in [0.05, 0.1) is 24.8 Å². The van der Waals surface area contributed by atoms with Gasteiger partial charge in [-0.25, -0.2) is 9.10 Å². The summed E-state index contributed by atoms with van der Waals surface area (Å²) in [4.78, 5) is 16.7. The molecule has 1 aliphatic rings. The number of amides is 2. The summed E-state index contributed by atoms with van der Waals surface area (Å²) in [6.07, 6.45) is -4.51. The highest BCUT2D eigenvalue weighted by molar-refractivity contribution is 7.97. The summed E-state index contributed by atoms with van der Waals surface area (Å²) in [6, 6.07) is 17.7. The van der Waals surface area contributed by atoms with Crippen LogP contribution in [0.2, 0.25) is 5.02 Å². The lowest BCUT2D eigenvalue weighted by molar-refractivity contribution is -0.137. The number of anilines is 1. The molecule has 4 rings (SSSR count). The van der Waals surface area contributed by atoms with Crippen molar-refractivity contribution < 1.29 is 32.9 Å². The van der Waals surface area contributed by atoms with E-state index in [1.807, 2.05) is 4.31 Å². The second-order valence-corrected chi connectivity index (χ2v) is 10.6. The largest absolute Gasteiger partial charge is 0.457 e.